The van der Waals surface area contributed by atoms with Gasteiger partial charge in [0, 0.05) is 19.6 Å². The van der Waals surface area contributed by atoms with E-state index in [4.69, 9.17) is 23.7 Å². The highest BCUT2D eigenvalue weighted by molar-refractivity contribution is 5.76. The highest BCUT2D eigenvalue weighted by Crippen LogP contribution is 2.17. The van der Waals surface area contributed by atoms with Crippen LogP contribution in [0.5, 0.6) is 0 Å². The first-order valence-electron chi connectivity index (χ1n) is 17.9. The largest absolute Gasteiger partial charge is 0.460 e. The Kier molecular flexibility index (Phi) is 17.6. The predicted octanol–water partition coefficient (Wildman–Crippen LogP) is 4.21. The average Bonchev–Trinajstić information content (AvgIpc) is 3.01. The molecular formula is C40H60N3O10+. The van der Waals surface area contributed by atoms with Crippen molar-refractivity contribution in [1.82, 2.24) is 10.2 Å². The van der Waals surface area contributed by atoms with Gasteiger partial charge in [0.1, 0.15) is 30.0 Å². The summed E-state index contributed by atoms with van der Waals surface area (Å²) in [6.45, 7) is 15.3. The van der Waals surface area contributed by atoms with Crippen LogP contribution in [0.15, 0.2) is 60.7 Å². The van der Waals surface area contributed by atoms with E-state index in [2.05, 4.69) is 5.32 Å². The predicted molar refractivity (Wildman–Crippen MR) is 199 cm³/mol. The smallest absolute Gasteiger partial charge is 0.362 e. The zero-order valence-electron chi connectivity index (χ0n) is 33.0. The second-order valence-corrected chi connectivity index (χ2v) is 16.0. The van der Waals surface area contributed by atoms with E-state index in [1.807, 2.05) is 60.7 Å². The van der Waals surface area contributed by atoms with Crippen LogP contribution in [0, 0.1) is 0 Å². The van der Waals surface area contributed by atoms with Crippen molar-refractivity contribution < 1.29 is 52.1 Å². The molecule has 0 unspecified atom stereocenters. The molecule has 0 aromatic heterocycles. The van der Waals surface area contributed by atoms with Gasteiger partial charge in [-0.15, -0.1) is 0 Å². The summed E-state index contributed by atoms with van der Waals surface area (Å²) in [5.74, 6) is -2.80. The molecule has 13 heteroatoms. The maximum absolute atomic E-state index is 13.5. The second-order valence-electron chi connectivity index (χ2n) is 16.0. The molecule has 294 valence electrons. The van der Waals surface area contributed by atoms with Crippen LogP contribution in [0.1, 0.15) is 73.4 Å². The molecule has 0 aliphatic rings. The number of carbonyl (C=O) groups is 5. The Morgan fingerprint density at radius 3 is 1.43 bits per heavy atom. The van der Waals surface area contributed by atoms with E-state index < -0.39 is 51.1 Å². The molecule has 0 atom stereocenters. The zero-order valence-corrected chi connectivity index (χ0v) is 33.0. The van der Waals surface area contributed by atoms with Gasteiger partial charge in [-0.25, -0.2) is 14.4 Å². The lowest BCUT2D eigenvalue weighted by molar-refractivity contribution is -0.907. The Morgan fingerprint density at radius 2 is 0.981 bits per heavy atom. The van der Waals surface area contributed by atoms with E-state index in [1.165, 1.54) is 0 Å². The first kappa shape index (κ1) is 44.8. The summed E-state index contributed by atoms with van der Waals surface area (Å²) in [6.07, 6.45) is 0. The molecule has 53 heavy (non-hydrogen) atoms. The molecule has 2 aromatic carbocycles. The molecule has 0 radical (unpaired) electrons. The molecule has 0 fully saturated rings. The van der Waals surface area contributed by atoms with Crippen molar-refractivity contribution in [3.05, 3.63) is 71.8 Å². The lowest BCUT2D eigenvalue weighted by atomic mass is 10.2. The van der Waals surface area contributed by atoms with Crippen LogP contribution in [-0.4, -0.2) is 115 Å². The fraction of sp³-hybridized carbons (Fsp3) is 0.575. The number of esters is 5. The topological polar surface area (TPSA) is 147 Å². The lowest BCUT2D eigenvalue weighted by Crippen LogP contribution is -2.60. The molecule has 0 bridgehead atoms. The number of rotatable bonds is 20. The minimum atomic E-state index is -0.833. The lowest BCUT2D eigenvalue weighted by Gasteiger charge is -2.38. The third kappa shape index (κ3) is 21.1. The monoisotopic (exact) mass is 742 g/mol. The summed E-state index contributed by atoms with van der Waals surface area (Å²) in [7, 11) is 0. The van der Waals surface area contributed by atoms with Crippen LogP contribution in [0.2, 0.25) is 0 Å². The number of quaternary nitrogens is 1. The number of hydrogen-bond acceptors (Lipinski definition) is 12. The summed E-state index contributed by atoms with van der Waals surface area (Å²) >= 11 is 0. The van der Waals surface area contributed by atoms with E-state index in [1.54, 1.807) is 67.2 Å². The van der Waals surface area contributed by atoms with Crippen LogP contribution in [-0.2, 0) is 60.9 Å². The molecule has 2 aromatic rings. The summed E-state index contributed by atoms with van der Waals surface area (Å²) in [4.78, 5) is 67.6. The fourth-order valence-corrected chi connectivity index (χ4v) is 5.15. The standard InChI is InChI=1S/C40H60N3O10/c1-38(2,3)51-33(44)24-41-20-21-42(25-34(45)49-29-31-16-12-10-13-17-31)22-23-43(27-36(47)52-39(4,5)6,28-37(48)53-40(7,8)9)26-35(46)50-30-32-18-14-11-15-19-32/h10-19,41H,20-30H2,1-9H3/q+1. The van der Waals surface area contributed by atoms with Crippen molar-refractivity contribution in [1.29, 1.82) is 0 Å². The first-order chi connectivity index (χ1) is 24.6. The molecule has 0 saturated heterocycles. The number of ether oxygens (including phenoxy) is 5. The van der Waals surface area contributed by atoms with Crippen molar-refractivity contribution in [3.63, 3.8) is 0 Å². The minimum Gasteiger partial charge on any atom is -0.460 e. The van der Waals surface area contributed by atoms with Gasteiger partial charge >= 0.3 is 29.8 Å². The van der Waals surface area contributed by atoms with Crippen molar-refractivity contribution in [2.45, 2.75) is 92.3 Å². The Labute approximate surface area is 314 Å². The molecular weight excluding hydrogens is 682 g/mol. The number of benzene rings is 2. The quantitative estimate of drug-likeness (QED) is 0.0898. The Bertz CT molecular complexity index is 1430. The summed E-state index contributed by atoms with van der Waals surface area (Å²) in [5, 5.41) is 3.05. The van der Waals surface area contributed by atoms with E-state index in [0.29, 0.717) is 6.54 Å². The minimum absolute atomic E-state index is 0.00124. The molecule has 2 rings (SSSR count). The van der Waals surface area contributed by atoms with E-state index in [9.17, 15) is 24.0 Å². The van der Waals surface area contributed by atoms with Gasteiger partial charge in [-0.3, -0.25) is 19.0 Å². The molecule has 0 aliphatic carbocycles. The number of nitrogens with zero attached hydrogens (tertiary/aromatic N) is 2. The van der Waals surface area contributed by atoms with E-state index >= 15 is 0 Å². The number of nitrogens with one attached hydrogen (secondary N) is 1. The van der Waals surface area contributed by atoms with Crippen LogP contribution in [0.3, 0.4) is 0 Å². The fourth-order valence-electron chi connectivity index (χ4n) is 5.15. The Balaban J connectivity index is 2.37. The molecule has 13 nitrogen and oxygen atoms in total. The van der Waals surface area contributed by atoms with Gasteiger partial charge in [0.25, 0.3) is 0 Å². The molecule has 0 amide bonds. The molecule has 0 aliphatic heterocycles. The Morgan fingerprint density at radius 1 is 0.566 bits per heavy atom. The van der Waals surface area contributed by atoms with Crippen molar-refractivity contribution in [2.75, 3.05) is 58.9 Å². The average molecular weight is 743 g/mol. The molecule has 0 heterocycles. The highest BCUT2D eigenvalue weighted by atomic mass is 16.6. The van der Waals surface area contributed by atoms with Crippen molar-refractivity contribution in [3.8, 4) is 0 Å². The van der Waals surface area contributed by atoms with Crippen LogP contribution in [0.25, 0.3) is 0 Å². The van der Waals surface area contributed by atoms with Crippen molar-refractivity contribution in [2.24, 2.45) is 0 Å². The van der Waals surface area contributed by atoms with Gasteiger partial charge in [0.05, 0.1) is 19.6 Å². The van der Waals surface area contributed by atoms with Gasteiger partial charge in [-0.05, 0) is 73.4 Å². The van der Waals surface area contributed by atoms with Gasteiger partial charge in [0.15, 0.2) is 19.6 Å². The SMILES string of the molecule is CC(C)(C)OC(=O)CNCCN(CC[N+](CC(=O)OCc1ccccc1)(CC(=O)OC(C)(C)C)CC(=O)OC(C)(C)C)CC(=O)OCc1ccccc1. The third-order valence-electron chi connectivity index (χ3n) is 7.26. The number of hydrogen-bond donors (Lipinski definition) is 1. The van der Waals surface area contributed by atoms with Crippen molar-refractivity contribution >= 4 is 29.8 Å². The van der Waals surface area contributed by atoms with E-state index in [-0.39, 0.29) is 65.6 Å². The molecule has 1 N–H and O–H groups in total. The summed E-state index contributed by atoms with van der Waals surface area (Å²) in [6, 6.07) is 18.4. The third-order valence-corrected chi connectivity index (χ3v) is 7.26. The van der Waals surface area contributed by atoms with Gasteiger partial charge in [0.2, 0.25) is 0 Å². The highest BCUT2D eigenvalue weighted by Gasteiger charge is 2.40. The van der Waals surface area contributed by atoms with Crippen LogP contribution < -0.4 is 5.32 Å². The van der Waals surface area contributed by atoms with Gasteiger partial charge in [-0.1, -0.05) is 60.7 Å². The van der Waals surface area contributed by atoms with Gasteiger partial charge in [-0.2, -0.15) is 0 Å². The summed E-state index contributed by atoms with van der Waals surface area (Å²) < 4.78 is 27.5. The summed E-state index contributed by atoms with van der Waals surface area (Å²) in [5.41, 5.74) is -0.705. The zero-order chi connectivity index (χ0) is 39.7. The van der Waals surface area contributed by atoms with E-state index in [0.717, 1.165) is 11.1 Å². The Hall–Kier alpha value is -4.33. The maximum atomic E-state index is 13.5. The number of carbonyl (C=O) groups excluding carboxylic acids is 5. The normalized spacial score (nSPS) is 12.2. The maximum Gasteiger partial charge on any atom is 0.362 e. The second kappa shape index (κ2) is 20.8. The first-order valence-corrected chi connectivity index (χ1v) is 17.9. The van der Waals surface area contributed by atoms with Crippen LogP contribution >= 0.6 is 0 Å². The van der Waals surface area contributed by atoms with Gasteiger partial charge < -0.3 is 29.0 Å². The molecule has 0 saturated carbocycles. The molecule has 0 spiro atoms. The van der Waals surface area contributed by atoms with Crippen LogP contribution in [0.4, 0.5) is 0 Å².